The molecule has 7 nitrogen and oxygen atoms in total. The smallest absolute Gasteiger partial charge is 0.324 e. The molecule has 2 fully saturated rings. The average Bonchev–Trinajstić information content (AvgIpc) is 2.88. The van der Waals surface area contributed by atoms with Crippen molar-refractivity contribution in [2.24, 2.45) is 0 Å². The molecule has 1 N–H and O–H groups in total. The van der Waals surface area contributed by atoms with E-state index in [9.17, 15) is 18.0 Å². The maximum Gasteiger partial charge on any atom is 0.324 e. The van der Waals surface area contributed by atoms with Crippen LogP contribution in [-0.4, -0.2) is 55.2 Å². The fourth-order valence-electron chi connectivity index (χ4n) is 2.96. The van der Waals surface area contributed by atoms with Gasteiger partial charge in [-0.15, -0.1) is 0 Å². The Bertz CT molecular complexity index is 775. The second-order valence-electron chi connectivity index (χ2n) is 5.63. The van der Waals surface area contributed by atoms with Gasteiger partial charge in [0, 0.05) is 24.2 Å². The van der Waals surface area contributed by atoms with Gasteiger partial charge in [-0.3, -0.25) is 9.69 Å². The minimum Gasteiger partial charge on any atom is -0.329 e. The first-order valence-electron chi connectivity index (χ1n) is 7.36. The molecule has 0 unspecified atom stereocenters. The monoisotopic (exact) mass is 391 g/mol. The third-order valence-electron chi connectivity index (χ3n) is 4.18. The molecule has 130 valence electrons. The number of rotatable bonds is 3. The van der Waals surface area contributed by atoms with Crippen LogP contribution in [0.2, 0.25) is 10.0 Å². The van der Waals surface area contributed by atoms with Gasteiger partial charge in [-0.05, 0) is 31.0 Å². The molecule has 1 aromatic carbocycles. The standard InChI is InChI=1S/C14H15Cl2N3O4S/c15-9-1-2-11(16)12(7-9)24(22,23)18-5-3-10(4-6-18)19-13(20)8-17-14(19)21/h1-2,7,10H,3-6,8H2,(H,17,21). The lowest BCUT2D eigenvalue weighted by Crippen LogP contribution is -2.49. The first-order valence-corrected chi connectivity index (χ1v) is 9.55. The van der Waals surface area contributed by atoms with Crippen molar-refractivity contribution in [3.05, 3.63) is 28.2 Å². The second-order valence-corrected chi connectivity index (χ2v) is 8.38. The first-order chi connectivity index (χ1) is 11.3. The zero-order valence-corrected chi connectivity index (χ0v) is 14.9. The van der Waals surface area contributed by atoms with Gasteiger partial charge in [-0.25, -0.2) is 13.2 Å². The number of nitrogens with one attached hydrogen (secondary N) is 1. The Labute approximate surface area is 149 Å². The Morgan fingerprint density at radius 2 is 1.79 bits per heavy atom. The van der Waals surface area contributed by atoms with Gasteiger partial charge in [-0.2, -0.15) is 4.31 Å². The summed E-state index contributed by atoms with van der Waals surface area (Å²) in [5.41, 5.74) is 0. The predicted octanol–water partition coefficient (Wildman–Crippen LogP) is 1.70. The van der Waals surface area contributed by atoms with Crippen molar-refractivity contribution in [3.8, 4) is 0 Å². The summed E-state index contributed by atoms with van der Waals surface area (Å²) in [6, 6.07) is 3.58. The van der Waals surface area contributed by atoms with E-state index in [-0.39, 0.29) is 46.5 Å². The maximum atomic E-state index is 12.7. The molecule has 0 aromatic heterocycles. The highest BCUT2D eigenvalue weighted by molar-refractivity contribution is 7.89. The van der Waals surface area contributed by atoms with Gasteiger partial charge in [0.1, 0.15) is 4.90 Å². The number of nitrogens with zero attached hydrogens (tertiary/aromatic N) is 2. The number of amides is 3. The summed E-state index contributed by atoms with van der Waals surface area (Å²) in [5.74, 6) is -0.279. The molecule has 3 rings (SSSR count). The maximum absolute atomic E-state index is 12.7. The number of imide groups is 1. The third-order valence-corrected chi connectivity index (χ3v) is 6.79. The summed E-state index contributed by atoms with van der Waals surface area (Å²) < 4.78 is 26.8. The summed E-state index contributed by atoms with van der Waals surface area (Å²) in [6.07, 6.45) is 0.771. The molecule has 0 bridgehead atoms. The summed E-state index contributed by atoms with van der Waals surface area (Å²) in [6.45, 7) is 0.398. The molecule has 2 aliphatic heterocycles. The van der Waals surface area contributed by atoms with Crippen LogP contribution in [0.1, 0.15) is 12.8 Å². The molecule has 0 saturated carbocycles. The Balaban J connectivity index is 1.75. The Morgan fingerprint density at radius 3 is 2.38 bits per heavy atom. The van der Waals surface area contributed by atoms with E-state index in [1.54, 1.807) is 0 Å². The predicted molar refractivity (Wildman–Crippen MR) is 88.5 cm³/mol. The highest BCUT2D eigenvalue weighted by atomic mass is 35.5. The summed E-state index contributed by atoms with van der Waals surface area (Å²) in [5, 5.41) is 2.86. The lowest BCUT2D eigenvalue weighted by atomic mass is 10.1. The Morgan fingerprint density at radius 1 is 1.12 bits per heavy atom. The lowest BCUT2D eigenvalue weighted by Gasteiger charge is -2.34. The number of urea groups is 1. The second kappa shape index (κ2) is 6.51. The van der Waals surface area contributed by atoms with Crippen molar-refractivity contribution in [2.75, 3.05) is 19.6 Å². The summed E-state index contributed by atoms with van der Waals surface area (Å²) >= 11 is 11.9. The average molecular weight is 392 g/mol. The van der Waals surface area contributed by atoms with Gasteiger partial charge < -0.3 is 5.32 Å². The van der Waals surface area contributed by atoms with E-state index in [4.69, 9.17) is 23.2 Å². The number of carbonyl (C=O) groups is 2. The molecule has 0 aliphatic carbocycles. The number of sulfonamides is 1. The van der Waals surface area contributed by atoms with Crippen LogP contribution in [0.4, 0.5) is 4.79 Å². The number of piperidine rings is 1. The van der Waals surface area contributed by atoms with Crippen molar-refractivity contribution in [3.63, 3.8) is 0 Å². The third kappa shape index (κ3) is 3.11. The molecular formula is C14H15Cl2N3O4S. The van der Waals surface area contributed by atoms with Crippen LogP contribution in [0.25, 0.3) is 0 Å². The highest BCUT2D eigenvalue weighted by Crippen LogP contribution is 2.30. The first kappa shape index (κ1) is 17.5. The van der Waals surface area contributed by atoms with E-state index in [0.717, 1.165) is 0 Å². The number of benzene rings is 1. The molecule has 2 saturated heterocycles. The van der Waals surface area contributed by atoms with E-state index in [0.29, 0.717) is 12.8 Å². The zero-order valence-electron chi connectivity index (χ0n) is 12.5. The van der Waals surface area contributed by atoms with Gasteiger partial charge in [0.15, 0.2) is 0 Å². The fourth-order valence-corrected chi connectivity index (χ4v) is 5.17. The van der Waals surface area contributed by atoms with Crippen LogP contribution in [0.3, 0.4) is 0 Å². The molecule has 0 atom stereocenters. The van der Waals surface area contributed by atoms with Crippen molar-refractivity contribution in [1.29, 1.82) is 0 Å². The van der Waals surface area contributed by atoms with Crippen LogP contribution >= 0.6 is 23.2 Å². The van der Waals surface area contributed by atoms with Gasteiger partial charge in [0.05, 0.1) is 11.6 Å². The molecular weight excluding hydrogens is 377 g/mol. The van der Waals surface area contributed by atoms with Crippen molar-refractivity contribution >= 4 is 45.2 Å². The Kier molecular flexibility index (Phi) is 4.74. The van der Waals surface area contributed by atoms with Crippen LogP contribution in [0.15, 0.2) is 23.1 Å². The van der Waals surface area contributed by atoms with Crippen LogP contribution in [0.5, 0.6) is 0 Å². The zero-order chi connectivity index (χ0) is 17.5. The normalized spacial score (nSPS) is 20.5. The number of hydrogen-bond acceptors (Lipinski definition) is 4. The lowest BCUT2D eigenvalue weighted by molar-refractivity contribution is -0.127. The molecule has 24 heavy (non-hydrogen) atoms. The van der Waals surface area contributed by atoms with E-state index >= 15 is 0 Å². The van der Waals surface area contributed by atoms with Gasteiger partial charge >= 0.3 is 6.03 Å². The SMILES string of the molecule is O=C1CNC(=O)N1C1CCN(S(=O)(=O)c2cc(Cl)ccc2Cl)CC1. The van der Waals surface area contributed by atoms with E-state index in [1.807, 2.05) is 0 Å². The Hall–Kier alpha value is -1.35. The van der Waals surface area contributed by atoms with Gasteiger partial charge in [0.2, 0.25) is 15.9 Å². The van der Waals surface area contributed by atoms with E-state index < -0.39 is 16.1 Å². The number of carbonyl (C=O) groups excluding carboxylic acids is 2. The fraction of sp³-hybridized carbons (Fsp3) is 0.429. The summed E-state index contributed by atoms with van der Waals surface area (Å²) in [4.78, 5) is 24.6. The van der Waals surface area contributed by atoms with Crippen LogP contribution in [-0.2, 0) is 14.8 Å². The van der Waals surface area contributed by atoms with Crippen molar-refractivity contribution < 1.29 is 18.0 Å². The summed E-state index contributed by atoms with van der Waals surface area (Å²) in [7, 11) is -3.78. The highest BCUT2D eigenvalue weighted by Gasteiger charge is 2.39. The van der Waals surface area contributed by atoms with Crippen LogP contribution < -0.4 is 5.32 Å². The topological polar surface area (TPSA) is 86.8 Å². The molecule has 2 heterocycles. The minimum absolute atomic E-state index is 0.00450. The van der Waals surface area contributed by atoms with Gasteiger partial charge in [0.25, 0.3) is 0 Å². The number of hydrogen-bond donors (Lipinski definition) is 1. The van der Waals surface area contributed by atoms with E-state index in [2.05, 4.69) is 5.32 Å². The minimum atomic E-state index is -3.78. The van der Waals surface area contributed by atoms with Crippen LogP contribution in [0, 0.1) is 0 Å². The molecule has 1 aromatic rings. The van der Waals surface area contributed by atoms with Crippen molar-refractivity contribution in [1.82, 2.24) is 14.5 Å². The molecule has 0 radical (unpaired) electrons. The van der Waals surface area contributed by atoms with Crippen molar-refractivity contribution in [2.45, 2.75) is 23.8 Å². The molecule has 0 spiro atoms. The quantitative estimate of drug-likeness (QED) is 0.794. The molecule has 3 amide bonds. The van der Waals surface area contributed by atoms with Gasteiger partial charge in [-0.1, -0.05) is 23.2 Å². The largest absolute Gasteiger partial charge is 0.329 e. The number of halogens is 2. The molecule has 10 heteroatoms. The molecule has 2 aliphatic rings. The van der Waals surface area contributed by atoms with E-state index in [1.165, 1.54) is 27.4 Å².